The largest absolute Gasteiger partial charge is 0.454 e. The maximum absolute atomic E-state index is 13.0. The summed E-state index contributed by atoms with van der Waals surface area (Å²) in [5.74, 6) is 0.777. The predicted molar refractivity (Wildman–Crippen MR) is 87.7 cm³/mol. The standard InChI is InChI=1S/C18H14FN3O3/c19-13-4-2-12(3-5-13)14-8-15(22-21-14)18(23)20-9-11-1-6-16-17(7-11)25-10-24-16/h1-8H,9-10H2,(H,20,23)(H,21,22). The van der Waals surface area contributed by atoms with Gasteiger partial charge in [0.1, 0.15) is 11.5 Å². The Kier molecular flexibility index (Phi) is 3.81. The van der Waals surface area contributed by atoms with Crippen LogP contribution in [0, 0.1) is 5.82 Å². The molecule has 7 heteroatoms. The fourth-order valence-corrected chi connectivity index (χ4v) is 2.54. The molecule has 4 rings (SSSR count). The summed E-state index contributed by atoms with van der Waals surface area (Å²) in [5.41, 5.74) is 2.54. The highest BCUT2D eigenvalue weighted by molar-refractivity contribution is 5.93. The number of halogens is 1. The van der Waals surface area contributed by atoms with Crippen LogP contribution in [-0.2, 0) is 6.54 Å². The Morgan fingerprint density at radius 3 is 2.76 bits per heavy atom. The molecule has 1 amide bonds. The summed E-state index contributed by atoms with van der Waals surface area (Å²) in [6.07, 6.45) is 0. The van der Waals surface area contributed by atoms with Crippen molar-refractivity contribution in [2.75, 3.05) is 6.79 Å². The molecule has 2 N–H and O–H groups in total. The van der Waals surface area contributed by atoms with Crippen LogP contribution in [0.1, 0.15) is 16.1 Å². The summed E-state index contributed by atoms with van der Waals surface area (Å²) in [4.78, 5) is 12.3. The average Bonchev–Trinajstić information content (AvgIpc) is 3.29. The van der Waals surface area contributed by atoms with E-state index in [-0.39, 0.29) is 18.5 Å². The number of carbonyl (C=O) groups is 1. The number of amides is 1. The molecule has 0 aliphatic carbocycles. The molecule has 126 valence electrons. The number of rotatable bonds is 4. The highest BCUT2D eigenvalue weighted by Crippen LogP contribution is 2.32. The van der Waals surface area contributed by atoms with Crippen molar-refractivity contribution in [2.45, 2.75) is 6.54 Å². The van der Waals surface area contributed by atoms with Gasteiger partial charge in [-0.15, -0.1) is 0 Å². The second-order valence-electron chi connectivity index (χ2n) is 5.54. The van der Waals surface area contributed by atoms with E-state index in [1.54, 1.807) is 18.2 Å². The third-order valence-electron chi connectivity index (χ3n) is 3.85. The van der Waals surface area contributed by atoms with E-state index in [2.05, 4.69) is 15.5 Å². The molecule has 0 saturated carbocycles. The van der Waals surface area contributed by atoms with Crippen LogP contribution < -0.4 is 14.8 Å². The number of aromatic nitrogens is 2. The molecule has 0 atom stereocenters. The zero-order chi connectivity index (χ0) is 17.2. The average molecular weight is 339 g/mol. The van der Waals surface area contributed by atoms with Gasteiger partial charge in [0, 0.05) is 12.1 Å². The molecule has 0 spiro atoms. The Morgan fingerprint density at radius 2 is 1.92 bits per heavy atom. The maximum Gasteiger partial charge on any atom is 0.269 e. The number of nitrogens with one attached hydrogen (secondary N) is 2. The first-order valence-electron chi connectivity index (χ1n) is 7.67. The fourth-order valence-electron chi connectivity index (χ4n) is 2.54. The smallest absolute Gasteiger partial charge is 0.269 e. The number of carbonyl (C=O) groups excluding carboxylic acids is 1. The SMILES string of the molecule is O=C(NCc1ccc2c(c1)OCO2)c1cc(-c2ccc(F)cc2)n[nH]1. The van der Waals surface area contributed by atoms with Gasteiger partial charge >= 0.3 is 0 Å². The lowest BCUT2D eigenvalue weighted by molar-refractivity contribution is 0.0946. The van der Waals surface area contributed by atoms with Gasteiger partial charge in [-0.2, -0.15) is 5.10 Å². The number of benzene rings is 2. The molecule has 0 bridgehead atoms. The summed E-state index contributed by atoms with van der Waals surface area (Å²) in [5, 5.41) is 9.60. The van der Waals surface area contributed by atoms with Gasteiger partial charge < -0.3 is 14.8 Å². The molecule has 2 heterocycles. The van der Waals surface area contributed by atoms with Crippen LogP contribution in [0.4, 0.5) is 4.39 Å². The van der Waals surface area contributed by atoms with Crippen molar-refractivity contribution in [3.05, 3.63) is 65.6 Å². The first-order valence-corrected chi connectivity index (χ1v) is 7.67. The highest BCUT2D eigenvalue weighted by Gasteiger charge is 2.14. The number of hydrogen-bond donors (Lipinski definition) is 2. The molecule has 6 nitrogen and oxygen atoms in total. The van der Waals surface area contributed by atoms with E-state index in [1.165, 1.54) is 12.1 Å². The van der Waals surface area contributed by atoms with Crippen molar-refractivity contribution in [1.82, 2.24) is 15.5 Å². The third kappa shape index (κ3) is 3.16. The van der Waals surface area contributed by atoms with Crippen molar-refractivity contribution >= 4 is 5.91 Å². The highest BCUT2D eigenvalue weighted by atomic mass is 19.1. The van der Waals surface area contributed by atoms with Gasteiger partial charge in [0.05, 0.1) is 5.69 Å². The predicted octanol–water partition coefficient (Wildman–Crippen LogP) is 2.87. The molecular formula is C18H14FN3O3. The van der Waals surface area contributed by atoms with E-state index in [4.69, 9.17) is 9.47 Å². The maximum atomic E-state index is 13.0. The fraction of sp³-hybridized carbons (Fsp3) is 0.111. The number of ether oxygens (including phenoxy) is 2. The van der Waals surface area contributed by atoms with Crippen LogP contribution in [0.5, 0.6) is 11.5 Å². The van der Waals surface area contributed by atoms with Crippen molar-refractivity contribution in [2.24, 2.45) is 0 Å². The molecule has 3 aromatic rings. The molecule has 1 aliphatic rings. The Labute approximate surface area is 142 Å². The minimum Gasteiger partial charge on any atom is -0.454 e. The van der Waals surface area contributed by atoms with E-state index in [1.807, 2.05) is 18.2 Å². The summed E-state index contributed by atoms with van der Waals surface area (Å²) >= 11 is 0. The van der Waals surface area contributed by atoms with Gasteiger partial charge in [-0.3, -0.25) is 9.89 Å². The normalized spacial score (nSPS) is 12.2. The topological polar surface area (TPSA) is 76.2 Å². The van der Waals surface area contributed by atoms with Crippen molar-refractivity contribution in [1.29, 1.82) is 0 Å². The molecule has 0 unspecified atom stereocenters. The van der Waals surface area contributed by atoms with Crippen LogP contribution in [-0.4, -0.2) is 22.9 Å². The molecule has 2 aromatic carbocycles. The summed E-state index contributed by atoms with van der Waals surface area (Å²) < 4.78 is 23.5. The Hall–Kier alpha value is -3.35. The third-order valence-corrected chi connectivity index (χ3v) is 3.85. The van der Waals surface area contributed by atoms with Gasteiger partial charge in [-0.25, -0.2) is 4.39 Å². The van der Waals surface area contributed by atoms with Gasteiger partial charge in [0.15, 0.2) is 11.5 Å². The van der Waals surface area contributed by atoms with Crippen LogP contribution in [0.2, 0.25) is 0 Å². The lowest BCUT2D eigenvalue weighted by Crippen LogP contribution is -2.23. The van der Waals surface area contributed by atoms with Crippen LogP contribution in [0.15, 0.2) is 48.5 Å². The van der Waals surface area contributed by atoms with Crippen LogP contribution in [0.25, 0.3) is 11.3 Å². The second-order valence-corrected chi connectivity index (χ2v) is 5.54. The summed E-state index contributed by atoms with van der Waals surface area (Å²) in [6.45, 7) is 0.561. The Bertz CT molecular complexity index is 922. The molecule has 0 fully saturated rings. The molecule has 1 aliphatic heterocycles. The minimum absolute atomic E-state index is 0.214. The zero-order valence-electron chi connectivity index (χ0n) is 13.1. The van der Waals surface area contributed by atoms with E-state index in [0.29, 0.717) is 29.4 Å². The van der Waals surface area contributed by atoms with Gasteiger partial charge in [-0.1, -0.05) is 6.07 Å². The zero-order valence-corrected chi connectivity index (χ0v) is 13.1. The molecule has 1 aromatic heterocycles. The molecule has 25 heavy (non-hydrogen) atoms. The minimum atomic E-state index is -0.319. The lowest BCUT2D eigenvalue weighted by Gasteiger charge is -2.04. The van der Waals surface area contributed by atoms with Gasteiger partial charge in [0.2, 0.25) is 6.79 Å². The first-order chi connectivity index (χ1) is 12.2. The number of hydrogen-bond acceptors (Lipinski definition) is 4. The molecule has 0 radical (unpaired) electrons. The quantitative estimate of drug-likeness (QED) is 0.766. The number of fused-ring (bicyclic) bond motifs is 1. The second kappa shape index (κ2) is 6.27. The monoisotopic (exact) mass is 339 g/mol. The number of nitrogens with zero attached hydrogens (tertiary/aromatic N) is 1. The van der Waals surface area contributed by atoms with Crippen molar-refractivity contribution < 1.29 is 18.7 Å². The van der Waals surface area contributed by atoms with Crippen molar-refractivity contribution in [3.8, 4) is 22.8 Å². The van der Waals surface area contributed by atoms with E-state index >= 15 is 0 Å². The summed E-state index contributed by atoms with van der Waals surface area (Å²) in [7, 11) is 0. The van der Waals surface area contributed by atoms with Gasteiger partial charge in [0.25, 0.3) is 5.91 Å². The Morgan fingerprint density at radius 1 is 1.12 bits per heavy atom. The van der Waals surface area contributed by atoms with E-state index in [9.17, 15) is 9.18 Å². The van der Waals surface area contributed by atoms with Gasteiger partial charge in [-0.05, 0) is 48.0 Å². The number of aromatic amines is 1. The molecular weight excluding hydrogens is 325 g/mol. The lowest BCUT2D eigenvalue weighted by atomic mass is 10.1. The van der Waals surface area contributed by atoms with Crippen molar-refractivity contribution in [3.63, 3.8) is 0 Å². The van der Waals surface area contributed by atoms with Crippen LogP contribution >= 0.6 is 0 Å². The summed E-state index contributed by atoms with van der Waals surface area (Å²) in [6, 6.07) is 13.1. The first kappa shape index (κ1) is 15.2. The number of H-pyrrole nitrogens is 1. The van der Waals surface area contributed by atoms with E-state index in [0.717, 1.165) is 11.1 Å². The van der Waals surface area contributed by atoms with E-state index < -0.39 is 0 Å². The molecule has 0 saturated heterocycles. The van der Waals surface area contributed by atoms with Crippen LogP contribution in [0.3, 0.4) is 0 Å². The Balaban J connectivity index is 1.42.